The molecule has 2 aliphatic rings. The maximum atomic E-state index is 5.60. The van der Waals surface area contributed by atoms with Gasteiger partial charge in [0.1, 0.15) is 0 Å². The van der Waals surface area contributed by atoms with Crippen LogP contribution in [0, 0.1) is 5.92 Å². The zero-order chi connectivity index (χ0) is 6.27. The monoisotopic (exact) mass is 199 g/mol. The van der Waals surface area contributed by atoms with Gasteiger partial charge in [-0.3, -0.25) is 0 Å². The summed E-state index contributed by atoms with van der Waals surface area (Å²) in [7, 11) is 0. The van der Waals surface area contributed by atoms with Gasteiger partial charge in [0.2, 0.25) is 0 Å². The third kappa shape index (κ3) is 2.00. The van der Waals surface area contributed by atoms with Crippen LogP contribution in [0.1, 0.15) is 19.3 Å². The number of rotatable bonds is 1. The summed E-state index contributed by atoms with van der Waals surface area (Å²) in [6.45, 7) is 0.821. The fourth-order valence-corrected chi connectivity index (χ4v) is 1.99. The fourth-order valence-electron chi connectivity index (χ4n) is 1.99. The second-order valence-corrected chi connectivity index (χ2v) is 3.11. The summed E-state index contributed by atoms with van der Waals surface area (Å²) in [5.74, 6) is 0.684. The van der Waals surface area contributed by atoms with Crippen molar-refractivity contribution in [1.82, 2.24) is 0 Å². The molecule has 0 aliphatic carbocycles. The van der Waals surface area contributed by atoms with Gasteiger partial charge in [0.25, 0.3) is 0 Å². The Hall–Kier alpha value is 0.500. The van der Waals surface area contributed by atoms with Crippen LogP contribution in [0.2, 0.25) is 0 Å². The molecule has 2 aliphatic heterocycles. The molecule has 2 saturated heterocycles. The van der Waals surface area contributed by atoms with Crippen molar-refractivity contribution >= 4 is 24.8 Å². The zero-order valence-corrected chi connectivity index (χ0v) is 8.00. The number of hydrogen-bond acceptors (Lipinski definition) is 2. The Morgan fingerprint density at radius 2 is 2.00 bits per heavy atom. The van der Waals surface area contributed by atoms with Gasteiger partial charge in [-0.1, -0.05) is 0 Å². The molecule has 2 bridgehead atoms. The van der Waals surface area contributed by atoms with Crippen molar-refractivity contribution in [2.75, 3.05) is 6.54 Å². The summed E-state index contributed by atoms with van der Waals surface area (Å²) < 4.78 is 5.60. The Labute approximate surface area is 79.7 Å². The molecule has 2 fully saturated rings. The third-order valence-corrected chi connectivity index (χ3v) is 2.53. The number of nitrogens with two attached hydrogens (primary N) is 1. The molecule has 0 radical (unpaired) electrons. The number of halogens is 2. The van der Waals surface area contributed by atoms with E-state index in [-0.39, 0.29) is 24.8 Å². The SMILES string of the molecule is Cl.Cl.NCC1CC2CCC1O2. The molecule has 0 aromatic heterocycles. The molecule has 3 atom stereocenters. The maximum Gasteiger partial charge on any atom is 0.0621 e. The molecule has 2 nitrogen and oxygen atoms in total. The zero-order valence-electron chi connectivity index (χ0n) is 6.36. The minimum Gasteiger partial charge on any atom is -0.375 e. The summed E-state index contributed by atoms with van der Waals surface area (Å²) in [6, 6.07) is 0. The Balaban J connectivity index is 0.000000500. The van der Waals surface area contributed by atoms with E-state index in [2.05, 4.69) is 0 Å². The highest BCUT2D eigenvalue weighted by Gasteiger charge is 2.39. The predicted molar refractivity (Wildman–Crippen MR) is 49.6 cm³/mol. The van der Waals surface area contributed by atoms with Crippen LogP contribution in [-0.4, -0.2) is 18.8 Å². The van der Waals surface area contributed by atoms with E-state index in [0.29, 0.717) is 18.1 Å². The van der Waals surface area contributed by atoms with Gasteiger partial charge in [-0.25, -0.2) is 0 Å². The lowest BCUT2D eigenvalue weighted by atomic mass is 9.89. The second kappa shape index (κ2) is 4.51. The largest absolute Gasteiger partial charge is 0.375 e. The van der Waals surface area contributed by atoms with E-state index in [4.69, 9.17) is 10.5 Å². The van der Waals surface area contributed by atoms with Crippen molar-refractivity contribution in [2.45, 2.75) is 31.5 Å². The fraction of sp³-hybridized carbons (Fsp3) is 1.00. The summed E-state index contributed by atoms with van der Waals surface area (Å²) >= 11 is 0. The first-order valence-corrected chi connectivity index (χ1v) is 3.75. The minimum absolute atomic E-state index is 0. The van der Waals surface area contributed by atoms with Crippen LogP contribution in [0.15, 0.2) is 0 Å². The molecule has 4 heteroatoms. The highest BCUT2D eigenvalue weighted by atomic mass is 35.5. The lowest BCUT2D eigenvalue weighted by molar-refractivity contribution is 0.0936. The quantitative estimate of drug-likeness (QED) is 0.693. The van der Waals surface area contributed by atoms with Gasteiger partial charge in [-0.15, -0.1) is 24.8 Å². The molecule has 0 saturated carbocycles. The molecule has 3 unspecified atom stereocenters. The molecule has 0 aromatic rings. The van der Waals surface area contributed by atoms with E-state index in [1.54, 1.807) is 0 Å². The Morgan fingerprint density at radius 3 is 2.27 bits per heavy atom. The normalized spacial score (nSPS) is 39.5. The third-order valence-electron chi connectivity index (χ3n) is 2.53. The van der Waals surface area contributed by atoms with E-state index in [0.717, 1.165) is 6.54 Å². The number of ether oxygens (including phenoxy) is 1. The smallest absolute Gasteiger partial charge is 0.0621 e. The van der Waals surface area contributed by atoms with Gasteiger partial charge in [-0.05, 0) is 31.7 Å². The molecular formula is C7H15Cl2NO. The van der Waals surface area contributed by atoms with Crippen LogP contribution in [0.5, 0.6) is 0 Å². The Bertz CT molecular complexity index is 123. The first-order valence-electron chi connectivity index (χ1n) is 3.75. The van der Waals surface area contributed by atoms with Crippen molar-refractivity contribution in [2.24, 2.45) is 11.7 Å². The maximum absolute atomic E-state index is 5.60. The van der Waals surface area contributed by atoms with E-state index >= 15 is 0 Å². The van der Waals surface area contributed by atoms with Gasteiger partial charge in [0.15, 0.2) is 0 Å². The van der Waals surface area contributed by atoms with E-state index in [1.165, 1.54) is 19.3 Å². The summed E-state index contributed by atoms with van der Waals surface area (Å²) in [5.41, 5.74) is 5.54. The first-order chi connectivity index (χ1) is 4.40. The molecule has 11 heavy (non-hydrogen) atoms. The average Bonchev–Trinajstić information content (AvgIpc) is 2.45. The lowest BCUT2D eigenvalue weighted by Crippen LogP contribution is -2.24. The van der Waals surface area contributed by atoms with Crippen LogP contribution in [0.25, 0.3) is 0 Å². The van der Waals surface area contributed by atoms with E-state index in [1.807, 2.05) is 0 Å². The minimum atomic E-state index is 0. The summed E-state index contributed by atoms with van der Waals surface area (Å²) in [6.07, 6.45) is 4.86. The first kappa shape index (κ1) is 11.5. The van der Waals surface area contributed by atoms with Crippen LogP contribution in [-0.2, 0) is 4.74 Å². The molecule has 0 aromatic carbocycles. The highest BCUT2D eigenvalue weighted by Crippen LogP contribution is 2.37. The van der Waals surface area contributed by atoms with Gasteiger partial charge >= 0.3 is 0 Å². The van der Waals surface area contributed by atoms with Crippen LogP contribution >= 0.6 is 24.8 Å². The number of fused-ring (bicyclic) bond motifs is 2. The van der Waals surface area contributed by atoms with Crippen molar-refractivity contribution in [1.29, 1.82) is 0 Å². The Morgan fingerprint density at radius 1 is 1.27 bits per heavy atom. The molecule has 2 rings (SSSR count). The summed E-state index contributed by atoms with van der Waals surface area (Å²) in [5, 5.41) is 0. The standard InChI is InChI=1S/C7H13NO.2ClH/c8-4-5-3-6-1-2-7(5)9-6;;/h5-7H,1-4,8H2;2*1H. The van der Waals surface area contributed by atoms with Crippen molar-refractivity contribution in [3.8, 4) is 0 Å². The highest BCUT2D eigenvalue weighted by molar-refractivity contribution is 5.85. The molecular weight excluding hydrogens is 185 g/mol. The van der Waals surface area contributed by atoms with Crippen LogP contribution in [0.3, 0.4) is 0 Å². The van der Waals surface area contributed by atoms with Gasteiger partial charge in [0, 0.05) is 0 Å². The second-order valence-electron chi connectivity index (χ2n) is 3.11. The van der Waals surface area contributed by atoms with Crippen molar-refractivity contribution in [3.05, 3.63) is 0 Å². The van der Waals surface area contributed by atoms with Gasteiger partial charge in [-0.2, -0.15) is 0 Å². The predicted octanol–water partition coefficient (Wildman–Crippen LogP) is 1.36. The molecule has 2 N–H and O–H groups in total. The molecule has 0 amide bonds. The Kier molecular flexibility index (Phi) is 4.71. The van der Waals surface area contributed by atoms with Crippen molar-refractivity contribution < 1.29 is 4.74 Å². The molecule has 2 heterocycles. The van der Waals surface area contributed by atoms with Gasteiger partial charge in [0.05, 0.1) is 12.2 Å². The number of hydrogen-bond donors (Lipinski definition) is 1. The topological polar surface area (TPSA) is 35.2 Å². The molecule has 0 spiro atoms. The van der Waals surface area contributed by atoms with Gasteiger partial charge < -0.3 is 10.5 Å². The average molecular weight is 200 g/mol. The lowest BCUT2D eigenvalue weighted by Gasteiger charge is -2.14. The van der Waals surface area contributed by atoms with E-state index in [9.17, 15) is 0 Å². The van der Waals surface area contributed by atoms with E-state index < -0.39 is 0 Å². The summed E-state index contributed by atoms with van der Waals surface area (Å²) in [4.78, 5) is 0. The van der Waals surface area contributed by atoms with Crippen molar-refractivity contribution in [3.63, 3.8) is 0 Å². The van der Waals surface area contributed by atoms with Crippen LogP contribution in [0.4, 0.5) is 0 Å². The van der Waals surface area contributed by atoms with Crippen LogP contribution < -0.4 is 5.73 Å². The molecule has 68 valence electrons.